The zero-order valence-electron chi connectivity index (χ0n) is 15.0. The molecule has 0 saturated heterocycles. The van der Waals surface area contributed by atoms with Gasteiger partial charge in [-0.05, 0) is 49.7 Å². The van der Waals surface area contributed by atoms with Crippen molar-refractivity contribution < 1.29 is 4.43 Å². The van der Waals surface area contributed by atoms with Crippen molar-refractivity contribution in [1.29, 1.82) is 0 Å². The summed E-state index contributed by atoms with van der Waals surface area (Å²) < 4.78 is 6.79. The van der Waals surface area contributed by atoms with Crippen LogP contribution in [0.2, 0.25) is 6.04 Å². The minimum atomic E-state index is -2.28. The molecule has 122 valence electrons. The smallest absolute Gasteiger partial charge is 0.256 e. The van der Waals surface area contributed by atoms with E-state index in [0.717, 1.165) is 11.6 Å². The molecule has 0 aliphatic carbocycles. The summed E-state index contributed by atoms with van der Waals surface area (Å²) in [4.78, 5) is 0. The van der Waals surface area contributed by atoms with Crippen LogP contribution in [0.3, 0.4) is 0 Å². The van der Waals surface area contributed by atoms with Crippen molar-refractivity contribution in [3.8, 4) is 0 Å². The van der Waals surface area contributed by atoms with E-state index in [2.05, 4.69) is 95.8 Å². The quantitative estimate of drug-likeness (QED) is 0.730. The third kappa shape index (κ3) is 4.01. The van der Waals surface area contributed by atoms with Gasteiger partial charge in [-0.15, -0.1) is 0 Å². The fourth-order valence-electron chi connectivity index (χ4n) is 3.03. The van der Waals surface area contributed by atoms with Crippen molar-refractivity contribution in [1.82, 2.24) is 0 Å². The van der Waals surface area contributed by atoms with Crippen LogP contribution in [-0.2, 0) is 4.43 Å². The Hall–Kier alpha value is -1.64. The van der Waals surface area contributed by atoms with Crippen molar-refractivity contribution in [2.24, 2.45) is 0 Å². The van der Waals surface area contributed by atoms with Crippen LogP contribution in [0, 0.1) is 0 Å². The van der Waals surface area contributed by atoms with E-state index in [1.807, 2.05) is 0 Å². The van der Waals surface area contributed by atoms with E-state index in [1.165, 1.54) is 15.9 Å². The largest absolute Gasteiger partial charge is 0.403 e. The van der Waals surface area contributed by atoms with Gasteiger partial charge in [-0.1, -0.05) is 73.7 Å². The first-order valence-corrected chi connectivity index (χ1v) is 10.4. The highest BCUT2D eigenvalue weighted by molar-refractivity contribution is 6.97. The predicted octanol–water partition coefficient (Wildman–Crippen LogP) is 4.61. The molecule has 0 amide bonds. The molecule has 0 aliphatic rings. The molecule has 1 atom stereocenters. The lowest BCUT2D eigenvalue weighted by molar-refractivity contribution is 0.125. The SMILES string of the molecule is C=C(C)c1cccc([Si](CC)(OC(C)(C)C)c2ccccc2)c1. The van der Waals surface area contributed by atoms with E-state index in [-0.39, 0.29) is 5.60 Å². The first-order valence-electron chi connectivity index (χ1n) is 8.30. The van der Waals surface area contributed by atoms with E-state index in [1.54, 1.807) is 0 Å². The van der Waals surface area contributed by atoms with Gasteiger partial charge in [-0.2, -0.15) is 0 Å². The van der Waals surface area contributed by atoms with Crippen LogP contribution >= 0.6 is 0 Å². The van der Waals surface area contributed by atoms with Crippen LogP contribution in [0.25, 0.3) is 5.57 Å². The standard InChI is InChI=1S/C21H28OSi/c1-7-23(22-21(4,5)6,19-13-9-8-10-14-19)20-15-11-12-18(16-20)17(2)3/h8-16H,2,7H2,1,3-6H3. The first-order chi connectivity index (χ1) is 10.8. The summed E-state index contributed by atoms with van der Waals surface area (Å²) in [6.45, 7) is 14.8. The molecule has 0 heterocycles. The lowest BCUT2D eigenvalue weighted by Gasteiger charge is -2.38. The summed E-state index contributed by atoms with van der Waals surface area (Å²) in [5, 5.41) is 2.65. The number of rotatable bonds is 5. The molecule has 23 heavy (non-hydrogen) atoms. The molecule has 0 spiro atoms. The summed E-state index contributed by atoms with van der Waals surface area (Å²) in [5.74, 6) is 0. The summed E-state index contributed by atoms with van der Waals surface area (Å²) in [6.07, 6.45) is 0. The molecule has 0 fully saturated rings. The molecule has 2 heteroatoms. The second-order valence-corrected chi connectivity index (χ2v) is 10.8. The molecule has 0 aliphatic heterocycles. The lowest BCUT2D eigenvalue weighted by Crippen LogP contribution is -2.63. The zero-order chi connectivity index (χ0) is 17.1. The number of allylic oxidation sites excluding steroid dienone is 1. The van der Waals surface area contributed by atoms with Gasteiger partial charge in [0.1, 0.15) is 0 Å². The molecule has 2 aromatic carbocycles. The van der Waals surface area contributed by atoms with Crippen LogP contribution in [0.1, 0.15) is 40.2 Å². The minimum absolute atomic E-state index is 0.183. The minimum Gasteiger partial charge on any atom is -0.403 e. The first kappa shape index (κ1) is 17.7. The van der Waals surface area contributed by atoms with Crippen LogP contribution in [0.4, 0.5) is 0 Å². The molecule has 0 bridgehead atoms. The number of hydrogen-bond acceptors (Lipinski definition) is 1. The average molecular weight is 325 g/mol. The monoisotopic (exact) mass is 324 g/mol. The molecular formula is C21H28OSi. The van der Waals surface area contributed by atoms with Gasteiger partial charge < -0.3 is 4.43 Å². The average Bonchev–Trinajstić information content (AvgIpc) is 2.52. The Morgan fingerprint density at radius 1 is 1.00 bits per heavy atom. The van der Waals surface area contributed by atoms with Gasteiger partial charge in [0.25, 0.3) is 8.32 Å². The van der Waals surface area contributed by atoms with Crippen LogP contribution in [0.5, 0.6) is 0 Å². The molecule has 2 aromatic rings. The van der Waals surface area contributed by atoms with Crippen molar-refractivity contribution in [2.75, 3.05) is 0 Å². The maximum atomic E-state index is 6.79. The van der Waals surface area contributed by atoms with Crippen molar-refractivity contribution >= 4 is 24.3 Å². The van der Waals surface area contributed by atoms with Crippen molar-refractivity contribution in [3.63, 3.8) is 0 Å². The van der Waals surface area contributed by atoms with Gasteiger partial charge in [0, 0.05) is 5.60 Å². The Labute approximate surface area is 142 Å². The number of hydrogen-bond donors (Lipinski definition) is 0. The highest BCUT2D eigenvalue weighted by atomic mass is 28.4. The molecule has 0 aromatic heterocycles. The van der Waals surface area contributed by atoms with Crippen LogP contribution in [-0.4, -0.2) is 13.9 Å². The Morgan fingerprint density at radius 2 is 1.61 bits per heavy atom. The van der Waals surface area contributed by atoms with Gasteiger partial charge in [-0.3, -0.25) is 0 Å². The van der Waals surface area contributed by atoms with E-state index in [9.17, 15) is 0 Å². The summed E-state index contributed by atoms with van der Waals surface area (Å²) in [7, 11) is -2.28. The Balaban J connectivity index is 2.66. The van der Waals surface area contributed by atoms with Gasteiger partial charge in [0.2, 0.25) is 0 Å². The van der Waals surface area contributed by atoms with Crippen molar-refractivity contribution in [3.05, 3.63) is 66.7 Å². The Morgan fingerprint density at radius 3 is 2.13 bits per heavy atom. The topological polar surface area (TPSA) is 9.23 Å². The van der Waals surface area contributed by atoms with Gasteiger partial charge in [0.05, 0.1) is 0 Å². The molecule has 1 unspecified atom stereocenters. The molecular weight excluding hydrogens is 296 g/mol. The van der Waals surface area contributed by atoms with E-state index in [0.29, 0.717) is 0 Å². The van der Waals surface area contributed by atoms with E-state index < -0.39 is 8.32 Å². The predicted molar refractivity (Wildman–Crippen MR) is 104 cm³/mol. The molecule has 0 radical (unpaired) electrons. The Kier molecular flexibility index (Phi) is 5.28. The van der Waals surface area contributed by atoms with E-state index >= 15 is 0 Å². The molecule has 2 rings (SSSR count). The second-order valence-electron chi connectivity index (χ2n) is 7.12. The summed E-state index contributed by atoms with van der Waals surface area (Å²) in [6, 6.07) is 20.5. The Bertz CT molecular complexity index is 670. The van der Waals surface area contributed by atoms with E-state index in [4.69, 9.17) is 4.43 Å². The normalized spacial score (nSPS) is 14.3. The third-order valence-corrected chi connectivity index (χ3v) is 8.51. The zero-order valence-corrected chi connectivity index (χ0v) is 16.0. The van der Waals surface area contributed by atoms with Gasteiger partial charge >= 0.3 is 0 Å². The molecule has 0 saturated carbocycles. The summed E-state index contributed by atoms with van der Waals surface area (Å²) >= 11 is 0. The maximum absolute atomic E-state index is 6.79. The maximum Gasteiger partial charge on any atom is 0.256 e. The van der Waals surface area contributed by atoms with Gasteiger partial charge in [-0.25, -0.2) is 0 Å². The van der Waals surface area contributed by atoms with Crippen LogP contribution in [0.15, 0.2) is 61.2 Å². The fraction of sp³-hybridized carbons (Fsp3) is 0.333. The second kappa shape index (κ2) is 6.86. The summed E-state index contributed by atoms with van der Waals surface area (Å²) in [5.41, 5.74) is 2.10. The highest BCUT2D eigenvalue weighted by Crippen LogP contribution is 2.22. The third-order valence-electron chi connectivity index (χ3n) is 4.04. The van der Waals surface area contributed by atoms with Crippen LogP contribution < -0.4 is 10.4 Å². The lowest BCUT2D eigenvalue weighted by atomic mass is 10.1. The van der Waals surface area contributed by atoms with Crippen molar-refractivity contribution in [2.45, 2.75) is 46.3 Å². The molecule has 1 nitrogen and oxygen atoms in total. The van der Waals surface area contributed by atoms with Gasteiger partial charge in [0.15, 0.2) is 0 Å². The highest BCUT2D eigenvalue weighted by Gasteiger charge is 2.41. The fourth-order valence-corrected chi connectivity index (χ4v) is 7.09. The molecule has 0 N–H and O–H groups in total. The number of benzene rings is 2.